The Morgan fingerprint density at radius 2 is 2.14 bits per heavy atom. The fourth-order valence-corrected chi connectivity index (χ4v) is 1.98. The number of aromatic carboxylic acids is 1. The van der Waals surface area contributed by atoms with Crippen LogP contribution in [0, 0.1) is 0 Å². The molecule has 0 aliphatic carbocycles. The minimum atomic E-state index is -1.07. The molecule has 0 spiro atoms. The highest BCUT2D eigenvalue weighted by Crippen LogP contribution is 2.45. The Bertz CT molecular complexity index is 418. The molecule has 2 rings (SSSR count). The van der Waals surface area contributed by atoms with Gasteiger partial charge in [-0.2, -0.15) is 0 Å². The second-order valence-electron chi connectivity index (χ2n) is 2.59. The zero-order valence-corrected chi connectivity index (χ0v) is 9.05. The van der Waals surface area contributed by atoms with Gasteiger partial charge in [0.25, 0.3) is 0 Å². The van der Waals surface area contributed by atoms with Crippen molar-refractivity contribution in [2.75, 3.05) is 6.79 Å². The standard InChI is InChI=1S/C8H4BrClO4/c9-5-3(8(11)12)1-4(10)6-7(5)14-2-13-6/h1H,2H2,(H,11,12). The molecule has 0 bridgehead atoms. The van der Waals surface area contributed by atoms with Crippen molar-refractivity contribution in [1.82, 2.24) is 0 Å². The van der Waals surface area contributed by atoms with E-state index in [4.69, 9.17) is 26.2 Å². The lowest BCUT2D eigenvalue weighted by atomic mass is 10.2. The lowest BCUT2D eigenvalue weighted by Gasteiger charge is -2.04. The predicted octanol–water partition coefficient (Wildman–Crippen LogP) is 2.53. The number of hydrogen-bond acceptors (Lipinski definition) is 3. The first kappa shape index (κ1) is 9.61. The molecule has 6 heteroatoms. The fraction of sp³-hybridized carbons (Fsp3) is 0.125. The number of halogens is 2. The van der Waals surface area contributed by atoms with Crippen molar-refractivity contribution in [2.24, 2.45) is 0 Å². The van der Waals surface area contributed by atoms with Crippen molar-refractivity contribution < 1.29 is 19.4 Å². The van der Waals surface area contributed by atoms with Gasteiger partial charge in [-0.05, 0) is 22.0 Å². The van der Waals surface area contributed by atoms with Crippen LogP contribution >= 0.6 is 27.5 Å². The zero-order chi connectivity index (χ0) is 10.3. The largest absolute Gasteiger partial charge is 0.478 e. The summed E-state index contributed by atoms with van der Waals surface area (Å²) in [5, 5.41) is 9.07. The van der Waals surface area contributed by atoms with Crippen LogP contribution in [0.5, 0.6) is 11.5 Å². The van der Waals surface area contributed by atoms with Crippen LogP contribution in [0.15, 0.2) is 10.5 Å². The maximum absolute atomic E-state index is 10.8. The van der Waals surface area contributed by atoms with Gasteiger partial charge in [0.15, 0.2) is 11.5 Å². The first-order valence-electron chi connectivity index (χ1n) is 3.62. The molecule has 0 fully saturated rings. The van der Waals surface area contributed by atoms with Crippen LogP contribution in [0.4, 0.5) is 0 Å². The van der Waals surface area contributed by atoms with E-state index in [0.29, 0.717) is 16.0 Å². The summed E-state index contributed by atoms with van der Waals surface area (Å²) < 4.78 is 10.5. The van der Waals surface area contributed by atoms with Crippen LogP contribution < -0.4 is 9.47 Å². The van der Waals surface area contributed by atoms with Crippen LogP contribution in [0.2, 0.25) is 5.02 Å². The topological polar surface area (TPSA) is 55.8 Å². The molecule has 0 atom stereocenters. The van der Waals surface area contributed by atoms with Crippen molar-refractivity contribution in [3.8, 4) is 11.5 Å². The Morgan fingerprint density at radius 1 is 1.50 bits per heavy atom. The first-order valence-corrected chi connectivity index (χ1v) is 4.79. The summed E-state index contributed by atoms with van der Waals surface area (Å²) in [7, 11) is 0. The van der Waals surface area contributed by atoms with Crippen LogP contribution in [0.1, 0.15) is 10.4 Å². The molecule has 0 amide bonds. The highest BCUT2D eigenvalue weighted by molar-refractivity contribution is 9.10. The van der Waals surface area contributed by atoms with E-state index in [2.05, 4.69) is 15.9 Å². The van der Waals surface area contributed by atoms with Crippen molar-refractivity contribution in [3.63, 3.8) is 0 Å². The van der Waals surface area contributed by atoms with Crippen molar-refractivity contribution >= 4 is 33.5 Å². The lowest BCUT2D eigenvalue weighted by molar-refractivity contribution is 0.0695. The Hall–Kier alpha value is -0.940. The molecule has 1 aromatic rings. The van der Waals surface area contributed by atoms with Gasteiger partial charge in [-0.3, -0.25) is 0 Å². The molecule has 1 aliphatic rings. The lowest BCUT2D eigenvalue weighted by Crippen LogP contribution is -1.98. The minimum Gasteiger partial charge on any atom is -0.478 e. The molecule has 0 aromatic heterocycles. The van der Waals surface area contributed by atoms with Gasteiger partial charge in [0, 0.05) is 0 Å². The molecule has 0 saturated heterocycles. The molecule has 74 valence electrons. The molecular weight excluding hydrogens is 275 g/mol. The van der Waals surface area contributed by atoms with E-state index in [1.807, 2.05) is 0 Å². The molecule has 0 radical (unpaired) electrons. The van der Waals surface area contributed by atoms with E-state index in [1.54, 1.807) is 0 Å². The van der Waals surface area contributed by atoms with E-state index in [1.165, 1.54) is 6.07 Å². The van der Waals surface area contributed by atoms with Gasteiger partial charge >= 0.3 is 5.97 Å². The molecule has 1 heterocycles. The Labute approximate surface area is 92.5 Å². The summed E-state index contributed by atoms with van der Waals surface area (Å²) in [5.74, 6) is -0.351. The third kappa shape index (κ3) is 1.33. The van der Waals surface area contributed by atoms with Crippen molar-refractivity contribution in [2.45, 2.75) is 0 Å². The zero-order valence-electron chi connectivity index (χ0n) is 6.71. The van der Waals surface area contributed by atoms with Gasteiger partial charge in [-0.25, -0.2) is 4.79 Å². The second kappa shape index (κ2) is 3.33. The summed E-state index contributed by atoms with van der Waals surface area (Å²) in [6, 6.07) is 1.32. The molecule has 4 nitrogen and oxygen atoms in total. The minimum absolute atomic E-state index is 0.0523. The molecule has 0 saturated carbocycles. The SMILES string of the molecule is O=C(O)c1cc(Cl)c2c(c1Br)OCO2. The van der Waals surface area contributed by atoms with Crippen LogP contribution in [0.3, 0.4) is 0 Å². The van der Waals surface area contributed by atoms with E-state index >= 15 is 0 Å². The van der Waals surface area contributed by atoms with Gasteiger partial charge < -0.3 is 14.6 Å². The van der Waals surface area contributed by atoms with Gasteiger partial charge in [0.1, 0.15) is 0 Å². The molecule has 1 N–H and O–H groups in total. The van der Waals surface area contributed by atoms with E-state index in [0.717, 1.165) is 0 Å². The average molecular weight is 279 g/mol. The first-order chi connectivity index (χ1) is 6.61. The Balaban J connectivity index is 2.68. The summed E-state index contributed by atoms with van der Waals surface area (Å²) in [6.45, 7) is 0.0523. The maximum atomic E-state index is 10.8. The molecule has 1 aliphatic heterocycles. The molecule has 14 heavy (non-hydrogen) atoms. The van der Waals surface area contributed by atoms with Crippen LogP contribution in [-0.2, 0) is 0 Å². The van der Waals surface area contributed by atoms with Gasteiger partial charge in [0.05, 0.1) is 15.1 Å². The quantitative estimate of drug-likeness (QED) is 0.858. The highest BCUT2D eigenvalue weighted by atomic mass is 79.9. The highest BCUT2D eigenvalue weighted by Gasteiger charge is 2.25. The summed E-state index contributed by atoms with van der Waals surface area (Å²) in [6.07, 6.45) is 0. The van der Waals surface area contributed by atoms with E-state index in [-0.39, 0.29) is 17.4 Å². The molecule has 0 unspecified atom stereocenters. The van der Waals surface area contributed by atoms with E-state index < -0.39 is 5.97 Å². The number of carboxylic acids is 1. The third-order valence-electron chi connectivity index (χ3n) is 1.77. The number of benzene rings is 1. The van der Waals surface area contributed by atoms with Gasteiger partial charge in [-0.15, -0.1) is 0 Å². The molecular formula is C8H4BrClO4. The third-order valence-corrected chi connectivity index (χ3v) is 2.84. The number of carboxylic acid groups (broad SMARTS) is 1. The van der Waals surface area contributed by atoms with Crippen LogP contribution in [0.25, 0.3) is 0 Å². The maximum Gasteiger partial charge on any atom is 0.337 e. The fourth-order valence-electron chi connectivity index (χ4n) is 1.15. The summed E-state index contributed by atoms with van der Waals surface area (Å²) in [4.78, 5) is 10.8. The smallest absolute Gasteiger partial charge is 0.337 e. The monoisotopic (exact) mass is 278 g/mol. The Kier molecular flexibility index (Phi) is 2.28. The van der Waals surface area contributed by atoms with Crippen molar-refractivity contribution in [3.05, 3.63) is 21.1 Å². The number of ether oxygens (including phenoxy) is 2. The normalized spacial score (nSPS) is 13.0. The second-order valence-corrected chi connectivity index (χ2v) is 3.79. The van der Waals surface area contributed by atoms with E-state index in [9.17, 15) is 4.79 Å². The summed E-state index contributed by atoms with van der Waals surface area (Å²) >= 11 is 8.92. The molecule has 1 aromatic carbocycles. The Morgan fingerprint density at radius 3 is 2.79 bits per heavy atom. The van der Waals surface area contributed by atoms with Crippen molar-refractivity contribution in [1.29, 1.82) is 0 Å². The summed E-state index contributed by atoms with van der Waals surface area (Å²) in [5.41, 5.74) is 0.0549. The number of fused-ring (bicyclic) bond motifs is 1. The number of hydrogen-bond donors (Lipinski definition) is 1. The predicted molar refractivity (Wildman–Crippen MR) is 52.2 cm³/mol. The number of rotatable bonds is 1. The van der Waals surface area contributed by atoms with Gasteiger partial charge in [-0.1, -0.05) is 11.6 Å². The number of carbonyl (C=O) groups is 1. The van der Waals surface area contributed by atoms with Gasteiger partial charge in [0.2, 0.25) is 6.79 Å². The van der Waals surface area contributed by atoms with Crippen LogP contribution in [-0.4, -0.2) is 17.9 Å². The average Bonchev–Trinajstić information content (AvgIpc) is 2.59.